The van der Waals surface area contributed by atoms with Gasteiger partial charge >= 0.3 is 29.6 Å². The number of hydrogen-bond acceptors (Lipinski definition) is 6. The molecule has 0 radical (unpaired) electrons. The maximum absolute atomic E-state index is 12.3. The van der Waals surface area contributed by atoms with Crippen molar-refractivity contribution in [3.05, 3.63) is 0 Å². The molecule has 2 atom stereocenters. The van der Waals surface area contributed by atoms with E-state index >= 15 is 0 Å². The van der Waals surface area contributed by atoms with Crippen LogP contribution in [0.3, 0.4) is 0 Å². The van der Waals surface area contributed by atoms with Gasteiger partial charge in [0, 0.05) is 19.5 Å². The van der Waals surface area contributed by atoms with Gasteiger partial charge in [0.15, 0.2) is 0 Å². The normalized spacial score (nSPS) is 13.7. The molecule has 9 heteroatoms. The van der Waals surface area contributed by atoms with Crippen LogP contribution in [-0.4, -0.2) is 65.0 Å². The quantitative estimate of drug-likeness (QED) is 0.189. The van der Waals surface area contributed by atoms with E-state index in [1.54, 1.807) is 0 Å². The smallest absolute Gasteiger partial charge is 0.748 e. The van der Waals surface area contributed by atoms with E-state index in [4.69, 9.17) is 0 Å². The third kappa shape index (κ3) is 19.4. The summed E-state index contributed by atoms with van der Waals surface area (Å²) in [5.74, 6) is -1.18. The van der Waals surface area contributed by atoms with Gasteiger partial charge < -0.3 is 19.7 Å². The van der Waals surface area contributed by atoms with E-state index < -0.39 is 28.1 Å². The molecule has 0 saturated carbocycles. The molecule has 0 rings (SSSR count). The minimum absolute atomic E-state index is 0. The Hall–Kier alpha value is 0.300. The summed E-state index contributed by atoms with van der Waals surface area (Å²) >= 11 is 0. The molecule has 0 spiro atoms. The first kappa shape index (κ1) is 29.5. The molecule has 0 bridgehead atoms. The number of rotatable bonds is 16. The predicted molar refractivity (Wildman–Crippen MR) is 101 cm³/mol. The SMILES string of the molecule is CCCCCCCCCCCC(=O)N(CC(C)O)CC(O)CS(=O)(=O)[O-].[Na+]. The first-order valence-electron chi connectivity index (χ1n) is 9.73. The third-order valence-corrected chi connectivity index (χ3v) is 4.95. The minimum Gasteiger partial charge on any atom is -0.748 e. The van der Waals surface area contributed by atoms with Crippen LogP contribution in [0, 0.1) is 0 Å². The number of nitrogens with zero attached hydrogens (tertiary/aromatic N) is 1. The van der Waals surface area contributed by atoms with Crippen LogP contribution in [0.15, 0.2) is 0 Å². The molecule has 7 nitrogen and oxygen atoms in total. The molecule has 0 aromatic rings. The summed E-state index contributed by atoms with van der Waals surface area (Å²) in [5.41, 5.74) is 0. The molecule has 1 amide bonds. The average Bonchev–Trinajstić information content (AvgIpc) is 2.50. The van der Waals surface area contributed by atoms with Crippen molar-refractivity contribution in [1.82, 2.24) is 4.90 Å². The standard InChI is InChI=1S/C18H37NO6S.Na/c1-3-4-5-6-7-8-9-10-11-12-18(22)19(13-16(2)20)14-17(21)15-26(23,24)25;/h16-17,20-21H,3-15H2,1-2H3,(H,23,24,25);/q;+1/p-1. The number of aliphatic hydroxyl groups is 2. The summed E-state index contributed by atoms with van der Waals surface area (Å²) in [7, 11) is -4.56. The van der Waals surface area contributed by atoms with Crippen molar-refractivity contribution in [3.8, 4) is 0 Å². The number of unbranched alkanes of at least 4 members (excludes halogenated alkanes) is 8. The third-order valence-electron chi connectivity index (χ3n) is 4.16. The molecule has 0 saturated heterocycles. The Labute approximate surface area is 186 Å². The van der Waals surface area contributed by atoms with Crippen molar-refractivity contribution >= 4 is 16.0 Å². The second kappa shape index (κ2) is 17.2. The van der Waals surface area contributed by atoms with Crippen LogP contribution < -0.4 is 29.6 Å². The molecule has 0 aliphatic rings. The molecule has 0 aromatic carbocycles. The summed E-state index contributed by atoms with van der Waals surface area (Å²) < 4.78 is 32.1. The summed E-state index contributed by atoms with van der Waals surface area (Å²) in [6.45, 7) is 3.45. The molecule has 0 aromatic heterocycles. The number of amides is 1. The Balaban J connectivity index is 0. The van der Waals surface area contributed by atoms with Gasteiger partial charge in [-0.3, -0.25) is 4.79 Å². The number of hydrogen-bond donors (Lipinski definition) is 2. The second-order valence-electron chi connectivity index (χ2n) is 7.10. The Morgan fingerprint density at radius 3 is 1.89 bits per heavy atom. The van der Waals surface area contributed by atoms with E-state index in [0.717, 1.165) is 25.7 Å². The Morgan fingerprint density at radius 1 is 0.963 bits per heavy atom. The summed E-state index contributed by atoms with van der Waals surface area (Å²) in [4.78, 5) is 13.5. The summed E-state index contributed by atoms with van der Waals surface area (Å²) in [6, 6.07) is 0. The fourth-order valence-electron chi connectivity index (χ4n) is 2.88. The first-order chi connectivity index (χ1) is 12.2. The van der Waals surface area contributed by atoms with Gasteiger partial charge in [0.1, 0.15) is 0 Å². The summed E-state index contributed by atoms with van der Waals surface area (Å²) in [6.07, 6.45) is 8.24. The van der Waals surface area contributed by atoms with E-state index in [-0.39, 0.29) is 48.6 Å². The fourth-order valence-corrected chi connectivity index (χ4v) is 3.46. The monoisotopic (exact) mass is 417 g/mol. The van der Waals surface area contributed by atoms with Gasteiger partial charge in [-0.15, -0.1) is 0 Å². The molecule has 0 fully saturated rings. The maximum atomic E-state index is 12.3. The van der Waals surface area contributed by atoms with Crippen molar-refractivity contribution in [2.45, 2.75) is 90.3 Å². The van der Waals surface area contributed by atoms with Crippen LogP contribution in [0.2, 0.25) is 0 Å². The zero-order valence-electron chi connectivity index (χ0n) is 17.2. The van der Waals surface area contributed by atoms with Crippen molar-refractivity contribution in [1.29, 1.82) is 0 Å². The van der Waals surface area contributed by atoms with Crippen LogP contribution in [0.25, 0.3) is 0 Å². The van der Waals surface area contributed by atoms with Crippen LogP contribution in [0.4, 0.5) is 0 Å². The molecule has 2 unspecified atom stereocenters. The van der Waals surface area contributed by atoms with E-state index in [1.165, 1.54) is 43.9 Å². The molecule has 0 aliphatic carbocycles. The van der Waals surface area contributed by atoms with Crippen LogP contribution in [-0.2, 0) is 14.9 Å². The molecular weight excluding hydrogens is 381 g/mol. The second-order valence-corrected chi connectivity index (χ2v) is 8.55. The molecule has 156 valence electrons. The predicted octanol–water partition coefficient (Wildman–Crippen LogP) is -0.973. The topological polar surface area (TPSA) is 118 Å². The van der Waals surface area contributed by atoms with E-state index in [9.17, 15) is 28.0 Å². The average molecular weight is 418 g/mol. The fraction of sp³-hybridized carbons (Fsp3) is 0.944. The largest absolute Gasteiger partial charge is 1.00 e. The maximum Gasteiger partial charge on any atom is 1.00 e. The zero-order valence-corrected chi connectivity index (χ0v) is 20.0. The number of carbonyl (C=O) groups is 1. The Bertz CT molecular complexity index is 472. The van der Waals surface area contributed by atoms with Gasteiger partial charge in [-0.25, -0.2) is 8.42 Å². The van der Waals surface area contributed by atoms with Crippen molar-refractivity contribution in [3.63, 3.8) is 0 Å². The minimum atomic E-state index is -4.56. The van der Waals surface area contributed by atoms with Gasteiger partial charge in [-0.1, -0.05) is 58.3 Å². The molecule has 2 N–H and O–H groups in total. The van der Waals surface area contributed by atoms with E-state index in [0.29, 0.717) is 6.42 Å². The first-order valence-corrected chi connectivity index (χ1v) is 11.3. The van der Waals surface area contributed by atoms with Crippen molar-refractivity contribution in [2.24, 2.45) is 0 Å². The molecule has 0 aliphatic heterocycles. The van der Waals surface area contributed by atoms with Gasteiger partial charge in [0.05, 0.1) is 28.1 Å². The van der Waals surface area contributed by atoms with E-state index in [2.05, 4.69) is 6.92 Å². The number of carbonyl (C=O) groups excluding carboxylic acids is 1. The van der Waals surface area contributed by atoms with Gasteiger partial charge in [0.25, 0.3) is 0 Å². The van der Waals surface area contributed by atoms with Gasteiger partial charge in [-0.2, -0.15) is 0 Å². The molecule has 27 heavy (non-hydrogen) atoms. The number of aliphatic hydroxyl groups excluding tert-OH is 2. The Morgan fingerprint density at radius 2 is 1.44 bits per heavy atom. The molecule has 0 heterocycles. The molecular formula is C18H36NNaO6S. The van der Waals surface area contributed by atoms with Crippen molar-refractivity contribution < 1.29 is 57.5 Å². The van der Waals surface area contributed by atoms with Crippen LogP contribution in [0.5, 0.6) is 0 Å². The summed E-state index contributed by atoms with van der Waals surface area (Å²) in [5, 5.41) is 19.2. The Kier molecular flexibility index (Phi) is 18.8. The van der Waals surface area contributed by atoms with Gasteiger partial charge in [-0.05, 0) is 13.3 Å². The van der Waals surface area contributed by atoms with Crippen LogP contribution >= 0.6 is 0 Å². The van der Waals surface area contributed by atoms with Crippen molar-refractivity contribution in [2.75, 3.05) is 18.8 Å². The van der Waals surface area contributed by atoms with E-state index in [1.807, 2.05) is 0 Å². The zero-order chi connectivity index (χ0) is 20.0. The van der Waals surface area contributed by atoms with Gasteiger partial charge in [0.2, 0.25) is 5.91 Å². The van der Waals surface area contributed by atoms with Crippen LogP contribution in [0.1, 0.15) is 78.1 Å².